The van der Waals surface area contributed by atoms with Crippen molar-refractivity contribution in [2.75, 3.05) is 20.1 Å². The minimum atomic E-state index is 1.08. The Morgan fingerprint density at radius 3 is 2.38 bits per heavy atom. The topological polar surface area (TPSA) is 3.24 Å². The highest BCUT2D eigenvalue weighted by atomic mass is 15.1. The van der Waals surface area contributed by atoms with E-state index in [2.05, 4.69) is 32.4 Å². The van der Waals surface area contributed by atoms with Crippen molar-refractivity contribution in [3.05, 3.63) is 12.2 Å². The Bertz CT molecular complexity index is 129. The molecule has 0 radical (unpaired) electrons. The number of hydrogen-bond donors (Lipinski definition) is 0. The Hall–Kier alpha value is -0.300. The standard InChI is InChI=1S/C12H25N/c1-5-7-8-9-12(3)11-13(4)10-6-2/h3,5-11H2,1-2,4H3. The van der Waals surface area contributed by atoms with E-state index < -0.39 is 0 Å². The van der Waals surface area contributed by atoms with Gasteiger partial charge in [-0.2, -0.15) is 0 Å². The van der Waals surface area contributed by atoms with E-state index in [-0.39, 0.29) is 0 Å². The minimum Gasteiger partial charge on any atom is -0.302 e. The normalized spacial score (nSPS) is 10.8. The van der Waals surface area contributed by atoms with Gasteiger partial charge in [0.15, 0.2) is 0 Å². The molecular weight excluding hydrogens is 158 g/mol. The summed E-state index contributed by atoms with van der Waals surface area (Å²) in [6.07, 6.45) is 6.41. The number of likely N-dealkylation sites (N-methyl/N-ethyl adjacent to an activating group) is 1. The van der Waals surface area contributed by atoms with Crippen LogP contribution in [0, 0.1) is 0 Å². The first-order valence-electron chi connectivity index (χ1n) is 5.55. The van der Waals surface area contributed by atoms with Gasteiger partial charge in [-0.1, -0.05) is 38.8 Å². The van der Waals surface area contributed by atoms with Crippen molar-refractivity contribution in [1.82, 2.24) is 4.90 Å². The minimum absolute atomic E-state index is 1.08. The van der Waals surface area contributed by atoms with Crippen molar-refractivity contribution in [3.8, 4) is 0 Å². The number of rotatable bonds is 8. The van der Waals surface area contributed by atoms with Crippen LogP contribution in [-0.4, -0.2) is 25.0 Å². The number of unbranched alkanes of at least 4 members (excludes halogenated alkanes) is 2. The van der Waals surface area contributed by atoms with Crippen LogP contribution in [0.2, 0.25) is 0 Å². The predicted octanol–water partition coefficient (Wildman–Crippen LogP) is 3.46. The third kappa shape index (κ3) is 8.04. The summed E-state index contributed by atoms with van der Waals surface area (Å²) < 4.78 is 0. The van der Waals surface area contributed by atoms with Gasteiger partial charge in [0, 0.05) is 6.54 Å². The molecule has 0 aliphatic carbocycles. The van der Waals surface area contributed by atoms with Crippen LogP contribution in [-0.2, 0) is 0 Å². The van der Waals surface area contributed by atoms with Crippen molar-refractivity contribution in [1.29, 1.82) is 0 Å². The first kappa shape index (κ1) is 12.7. The third-order valence-corrected chi connectivity index (χ3v) is 2.23. The molecule has 0 spiro atoms. The smallest absolute Gasteiger partial charge is 0.0187 e. The van der Waals surface area contributed by atoms with Crippen molar-refractivity contribution < 1.29 is 0 Å². The van der Waals surface area contributed by atoms with E-state index in [0.717, 1.165) is 6.54 Å². The second-order valence-electron chi connectivity index (χ2n) is 3.94. The van der Waals surface area contributed by atoms with Gasteiger partial charge in [0.2, 0.25) is 0 Å². The van der Waals surface area contributed by atoms with Gasteiger partial charge in [-0.3, -0.25) is 0 Å². The zero-order valence-electron chi connectivity index (χ0n) is 9.60. The van der Waals surface area contributed by atoms with E-state index in [1.54, 1.807) is 0 Å². The molecule has 0 aromatic heterocycles. The lowest BCUT2D eigenvalue weighted by Gasteiger charge is -2.16. The highest BCUT2D eigenvalue weighted by molar-refractivity contribution is 4.96. The van der Waals surface area contributed by atoms with E-state index in [1.165, 1.54) is 44.2 Å². The summed E-state index contributed by atoms with van der Waals surface area (Å²) in [6, 6.07) is 0. The van der Waals surface area contributed by atoms with Crippen molar-refractivity contribution in [2.45, 2.75) is 46.0 Å². The van der Waals surface area contributed by atoms with Crippen LogP contribution in [0.4, 0.5) is 0 Å². The lowest BCUT2D eigenvalue weighted by Crippen LogP contribution is -2.21. The predicted molar refractivity (Wildman–Crippen MR) is 61.1 cm³/mol. The van der Waals surface area contributed by atoms with Gasteiger partial charge < -0.3 is 4.90 Å². The maximum Gasteiger partial charge on any atom is 0.0187 e. The van der Waals surface area contributed by atoms with Gasteiger partial charge in [-0.25, -0.2) is 0 Å². The number of hydrogen-bond acceptors (Lipinski definition) is 1. The zero-order chi connectivity index (χ0) is 10.1. The third-order valence-electron chi connectivity index (χ3n) is 2.23. The molecule has 0 heterocycles. The zero-order valence-corrected chi connectivity index (χ0v) is 9.60. The molecule has 1 heteroatoms. The van der Waals surface area contributed by atoms with Crippen molar-refractivity contribution >= 4 is 0 Å². The fraction of sp³-hybridized carbons (Fsp3) is 0.833. The fourth-order valence-electron chi connectivity index (χ4n) is 1.55. The van der Waals surface area contributed by atoms with Gasteiger partial charge in [0.05, 0.1) is 0 Å². The molecule has 13 heavy (non-hydrogen) atoms. The van der Waals surface area contributed by atoms with E-state index in [0.29, 0.717) is 0 Å². The van der Waals surface area contributed by atoms with Crippen LogP contribution in [0.15, 0.2) is 12.2 Å². The Morgan fingerprint density at radius 2 is 1.85 bits per heavy atom. The van der Waals surface area contributed by atoms with Gasteiger partial charge >= 0.3 is 0 Å². The lowest BCUT2D eigenvalue weighted by atomic mass is 10.1. The lowest BCUT2D eigenvalue weighted by molar-refractivity contribution is 0.358. The van der Waals surface area contributed by atoms with Crippen LogP contribution in [0.25, 0.3) is 0 Å². The van der Waals surface area contributed by atoms with E-state index in [9.17, 15) is 0 Å². The Labute approximate surface area is 83.8 Å². The molecule has 0 rings (SSSR count). The second-order valence-corrected chi connectivity index (χ2v) is 3.94. The van der Waals surface area contributed by atoms with Gasteiger partial charge in [-0.15, -0.1) is 0 Å². The molecule has 0 fully saturated rings. The first-order chi connectivity index (χ1) is 6.20. The quantitative estimate of drug-likeness (QED) is 0.411. The van der Waals surface area contributed by atoms with Gasteiger partial charge in [0.25, 0.3) is 0 Å². The summed E-state index contributed by atoms with van der Waals surface area (Å²) in [4.78, 5) is 2.36. The average Bonchev–Trinajstić information content (AvgIpc) is 2.05. The molecule has 1 nitrogen and oxygen atoms in total. The Morgan fingerprint density at radius 1 is 1.15 bits per heavy atom. The molecule has 0 bridgehead atoms. The summed E-state index contributed by atoms with van der Waals surface area (Å²) >= 11 is 0. The van der Waals surface area contributed by atoms with Crippen LogP contribution in [0.5, 0.6) is 0 Å². The summed E-state index contributed by atoms with van der Waals surface area (Å²) in [5.74, 6) is 0. The molecular formula is C12H25N. The largest absolute Gasteiger partial charge is 0.302 e. The van der Waals surface area contributed by atoms with Crippen molar-refractivity contribution in [2.24, 2.45) is 0 Å². The molecule has 0 aromatic rings. The second kappa shape index (κ2) is 8.31. The molecule has 0 amide bonds. The average molecular weight is 183 g/mol. The molecule has 0 N–H and O–H groups in total. The monoisotopic (exact) mass is 183 g/mol. The summed E-state index contributed by atoms with van der Waals surface area (Å²) in [5, 5.41) is 0. The Balaban J connectivity index is 3.38. The van der Waals surface area contributed by atoms with E-state index in [4.69, 9.17) is 0 Å². The highest BCUT2D eigenvalue weighted by Crippen LogP contribution is 2.07. The Kier molecular flexibility index (Phi) is 8.11. The van der Waals surface area contributed by atoms with Crippen LogP contribution in [0.1, 0.15) is 46.0 Å². The fourth-order valence-corrected chi connectivity index (χ4v) is 1.55. The molecule has 78 valence electrons. The highest BCUT2D eigenvalue weighted by Gasteiger charge is 1.99. The van der Waals surface area contributed by atoms with E-state index >= 15 is 0 Å². The molecule has 0 atom stereocenters. The first-order valence-corrected chi connectivity index (χ1v) is 5.55. The summed E-state index contributed by atoms with van der Waals surface area (Å²) in [6.45, 7) is 10.8. The SMILES string of the molecule is C=C(CCCCC)CN(C)CCC. The van der Waals surface area contributed by atoms with Crippen LogP contribution in [0.3, 0.4) is 0 Å². The van der Waals surface area contributed by atoms with Crippen LogP contribution >= 0.6 is 0 Å². The molecule has 0 aliphatic heterocycles. The molecule has 0 saturated carbocycles. The maximum absolute atomic E-state index is 4.11. The van der Waals surface area contributed by atoms with Crippen LogP contribution < -0.4 is 0 Å². The van der Waals surface area contributed by atoms with Crippen molar-refractivity contribution in [3.63, 3.8) is 0 Å². The van der Waals surface area contributed by atoms with Gasteiger partial charge in [0.1, 0.15) is 0 Å². The molecule has 0 aromatic carbocycles. The van der Waals surface area contributed by atoms with E-state index in [1.807, 2.05) is 0 Å². The number of nitrogens with zero attached hydrogens (tertiary/aromatic N) is 1. The molecule has 0 aliphatic rings. The van der Waals surface area contributed by atoms with Gasteiger partial charge in [-0.05, 0) is 32.9 Å². The maximum atomic E-state index is 4.11. The molecule has 0 unspecified atom stereocenters. The molecule has 0 saturated heterocycles. The summed E-state index contributed by atoms with van der Waals surface area (Å²) in [7, 11) is 2.18. The summed E-state index contributed by atoms with van der Waals surface area (Å²) in [5.41, 5.74) is 1.39.